The van der Waals surface area contributed by atoms with E-state index in [0.717, 1.165) is 0 Å². The monoisotopic (exact) mass is 256 g/mol. The predicted molar refractivity (Wildman–Crippen MR) is 64.5 cm³/mol. The van der Waals surface area contributed by atoms with Crippen LogP contribution >= 0.6 is 0 Å². The molecule has 0 aliphatic carbocycles. The van der Waals surface area contributed by atoms with Crippen LogP contribution < -0.4 is 5.32 Å². The smallest absolute Gasteiger partial charge is 0.158 e. The maximum absolute atomic E-state index is 14.6. The van der Waals surface area contributed by atoms with Crippen LogP contribution in [-0.2, 0) is 12.1 Å². The highest BCUT2D eigenvalue weighted by atomic mass is 19.1. The minimum Gasteiger partial charge on any atom is -0.396 e. The molecule has 2 heterocycles. The van der Waals surface area contributed by atoms with E-state index >= 15 is 0 Å². The quantitative estimate of drug-likeness (QED) is 0.861. The third kappa shape index (κ3) is 2.84. The summed E-state index contributed by atoms with van der Waals surface area (Å²) < 4.78 is 28.5. The number of rotatable bonds is 4. The second-order valence-electron chi connectivity index (χ2n) is 4.72. The van der Waals surface area contributed by atoms with Gasteiger partial charge in [-0.25, -0.2) is 8.78 Å². The number of hydrogen-bond donors (Lipinski definition) is 2. The van der Waals surface area contributed by atoms with Crippen molar-refractivity contribution in [2.45, 2.75) is 31.4 Å². The largest absolute Gasteiger partial charge is 0.396 e. The Morgan fingerprint density at radius 2 is 2.11 bits per heavy atom. The fraction of sp³-hybridized carbons (Fsp3) is 0.615. The molecular weight excluding hydrogens is 238 g/mol. The first-order valence-corrected chi connectivity index (χ1v) is 6.31. The maximum atomic E-state index is 14.6. The lowest BCUT2D eigenvalue weighted by Crippen LogP contribution is -2.38. The highest BCUT2D eigenvalue weighted by Crippen LogP contribution is 2.35. The van der Waals surface area contributed by atoms with Gasteiger partial charge in [0.25, 0.3) is 0 Å². The molecule has 1 saturated heterocycles. The first-order chi connectivity index (χ1) is 8.65. The van der Waals surface area contributed by atoms with E-state index in [2.05, 4.69) is 10.3 Å². The van der Waals surface area contributed by atoms with Gasteiger partial charge < -0.3 is 10.4 Å². The number of aliphatic hydroxyl groups is 1. The molecule has 0 atom stereocenters. The third-order valence-electron chi connectivity index (χ3n) is 3.34. The van der Waals surface area contributed by atoms with Gasteiger partial charge in [-0.1, -0.05) is 0 Å². The number of nitrogens with zero attached hydrogens (tertiary/aromatic N) is 1. The van der Waals surface area contributed by atoms with Crippen LogP contribution in [0, 0.1) is 5.82 Å². The summed E-state index contributed by atoms with van der Waals surface area (Å²) in [5.41, 5.74) is -1.02. The van der Waals surface area contributed by atoms with E-state index in [1.165, 1.54) is 12.3 Å². The van der Waals surface area contributed by atoms with Crippen molar-refractivity contribution in [2.75, 3.05) is 19.7 Å². The molecule has 0 unspecified atom stereocenters. The van der Waals surface area contributed by atoms with Crippen molar-refractivity contribution in [1.29, 1.82) is 0 Å². The zero-order chi connectivity index (χ0) is 13.0. The molecule has 1 aliphatic rings. The SMILES string of the molecule is OCCCc1cnc(C2(F)CCNCC2)c(F)c1. The van der Waals surface area contributed by atoms with Crippen molar-refractivity contribution >= 4 is 0 Å². The molecule has 100 valence electrons. The topological polar surface area (TPSA) is 45.2 Å². The Balaban J connectivity index is 2.18. The number of hydrogen-bond acceptors (Lipinski definition) is 3. The lowest BCUT2D eigenvalue weighted by atomic mass is 9.90. The summed E-state index contributed by atoms with van der Waals surface area (Å²) in [6, 6.07) is 1.33. The first kappa shape index (κ1) is 13.4. The number of aryl methyl sites for hydroxylation is 1. The summed E-state index contributed by atoms with van der Waals surface area (Å²) in [4.78, 5) is 3.97. The van der Waals surface area contributed by atoms with Crippen molar-refractivity contribution in [3.63, 3.8) is 0 Å². The fourth-order valence-electron chi connectivity index (χ4n) is 2.29. The van der Waals surface area contributed by atoms with Gasteiger partial charge in [0.1, 0.15) is 11.5 Å². The van der Waals surface area contributed by atoms with E-state index in [9.17, 15) is 8.78 Å². The van der Waals surface area contributed by atoms with E-state index < -0.39 is 11.5 Å². The van der Waals surface area contributed by atoms with E-state index in [1.807, 2.05) is 0 Å². The van der Waals surface area contributed by atoms with E-state index in [-0.39, 0.29) is 25.1 Å². The van der Waals surface area contributed by atoms with Crippen molar-refractivity contribution in [3.8, 4) is 0 Å². The van der Waals surface area contributed by atoms with Gasteiger partial charge in [-0.05, 0) is 50.4 Å². The normalized spacial score (nSPS) is 18.8. The Morgan fingerprint density at radius 1 is 1.39 bits per heavy atom. The van der Waals surface area contributed by atoms with Gasteiger partial charge in [-0.3, -0.25) is 4.98 Å². The predicted octanol–water partition coefficient (Wildman–Crippen LogP) is 1.69. The fourth-order valence-corrected chi connectivity index (χ4v) is 2.29. The molecule has 0 aromatic carbocycles. The van der Waals surface area contributed by atoms with Gasteiger partial charge in [-0.2, -0.15) is 0 Å². The van der Waals surface area contributed by atoms with Crippen molar-refractivity contribution in [1.82, 2.24) is 10.3 Å². The number of nitrogens with one attached hydrogen (secondary N) is 1. The standard InChI is InChI=1S/C13H18F2N2O/c14-11-8-10(2-1-7-18)9-17-12(11)13(15)3-5-16-6-4-13/h8-9,16,18H,1-7H2. The van der Waals surface area contributed by atoms with Crippen LogP contribution in [0.3, 0.4) is 0 Å². The highest BCUT2D eigenvalue weighted by molar-refractivity contribution is 5.22. The first-order valence-electron chi connectivity index (χ1n) is 6.31. The molecule has 0 saturated carbocycles. The molecule has 1 aliphatic heterocycles. The molecule has 3 nitrogen and oxygen atoms in total. The molecule has 1 fully saturated rings. The second-order valence-corrected chi connectivity index (χ2v) is 4.72. The molecular formula is C13H18F2N2O. The maximum Gasteiger partial charge on any atom is 0.158 e. The highest BCUT2D eigenvalue weighted by Gasteiger charge is 2.37. The molecule has 1 aromatic heterocycles. The Kier molecular flexibility index (Phi) is 4.24. The van der Waals surface area contributed by atoms with Crippen molar-refractivity contribution < 1.29 is 13.9 Å². The minimum absolute atomic E-state index is 0.0576. The minimum atomic E-state index is -1.65. The van der Waals surface area contributed by atoms with Gasteiger partial charge in [0, 0.05) is 12.8 Å². The van der Waals surface area contributed by atoms with E-state index in [1.54, 1.807) is 0 Å². The van der Waals surface area contributed by atoms with Crippen LogP contribution in [0.4, 0.5) is 8.78 Å². The molecule has 1 aromatic rings. The lowest BCUT2D eigenvalue weighted by molar-refractivity contribution is 0.104. The summed E-state index contributed by atoms with van der Waals surface area (Å²) in [6.45, 7) is 1.15. The van der Waals surface area contributed by atoms with Crippen molar-refractivity contribution in [2.24, 2.45) is 0 Å². The Hall–Kier alpha value is -1.07. The summed E-state index contributed by atoms with van der Waals surface area (Å²) >= 11 is 0. The molecule has 5 heteroatoms. The third-order valence-corrected chi connectivity index (χ3v) is 3.34. The van der Waals surface area contributed by atoms with Crippen molar-refractivity contribution in [3.05, 3.63) is 29.3 Å². The van der Waals surface area contributed by atoms with Gasteiger partial charge in [0.15, 0.2) is 5.67 Å². The number of piperidine rings is 1. The van der Waals surface area contributed by atoms with Crippen LogP contribution in [0.5, 0.6) is 0 Å². The molecule has 18 heavy (non-hydrogen) atoms. The van der Waals surface area contributed by atoms with Gasteiger partial charge in [0.2, 0.25) is 0 Å². The molecule has 0 radical (unpaired) electrons. The number of aliphatic hydroxyl groups excluding tert-OH is 1. The molecule has 0 spiro atoms. The van der Waals surface area contributed by atoms with Gasteiger partial charge in [0.05, 0.1) is 0 Å². The van der Waals surface area contributed by atoms with Crippen LogP contribution in [0.1, 0.15) is 30.5 Å². The number of aromatic nitrogens is 1. The molecule has 0 bridgehead atoms. The number of alkyl halides is 1. The van der Waals surface area contributed by atoms with Crippen LogP contribution in [-0.4, -0.2) is 29.8 Å². The van der Waals surface area contributed by atoms with Crippen LogP contribution in [0.15, 0.2) is 12.3 Å². The number of pyridine rings is 1. The summed E-state index contributed by atoms with van der Waals surface area (Å²) in [5, 5.41) is 11.8. The van der Waals surface area contributed by atoms with Gasteiger partial charge >= 0.3 is 0 Å². The zero-order valence-corrected chi connectivity index (χ0v) is 10.3. The van der Waals surface area contributed by atoms with Crippen LogP contribution in [0.25, 0.3) is 0 Å². The molecule has 0 amide bonds. The Morgan fingerprint density at radius 3 is 2.72 bits per heavy atom. The van der Waals surface area contributed by atoms with Gasteiger partial charge in [-0.15, -0.1) is 0 Å². The Bertz CT molecular complexity index is 406. The summed E-state index contributed by atoms with van der Waals surface area (Å²) in [7, 11) is 0. The summed E-state index contributed by atoms with van der Waals surface area (Å²) in [6.07, 6.45) is 3.14. The Labute approximate surface area is 105 Å². The number of halogens is 2. The lowest BCUT2D eigenvalue weighted by Gasteiger charge is -2.29. The average Bonchev–Trinajstić information content (AvgIpc) is 2.37. The van der Waals surface area contributed by atoms with E-state index in [0.29, 0.717) is 31.5 Å². The average molecular weight is 256 g/mol. The second kappa shape index (κ2) is 5.71. The zero-order valence-electron chi connectivity index (χ0n) is 10.3. The molecule has 2 N–H and O–H groups in total. The van der Waals surface area contributed by atoms with E-state index in [4.69, 9.17) is 5.11 Å². The summed E-state index contributed by atoms with van der Waals surface area (Å²) in [5.74, 6) is -0.574. The molecule has 2 rings (SSSR count). The van der Waals surface area contributed by atoms with Crippen LogP contribution in [0.2, 0.25) is 0 Å².